The molecule has 0 spiro atoms. The van der Waals surface area contributed by atoms with Gasteiger partial charge in [0.1, 0.15) is 21.5 Å². The first kappa shape index (κ1) is 21.7. The summed E-state index contributed by atoms with van der Waals surface area (Å²) in [5.41, 5.74) is 0.528. The Balaban J connectivity index is 1.98. The Kier molecular flexibility index (Phi) is 7.32. The van der Waals surface area contributed by atoms with Crippen LogP contribution in [-0.4, -0.2) is 40.2 Å². The predicted molar refractivity (Wildman–Crippen MR) is 98.1 cm³/mol. The Morgan fingerprint density at radius 3 is 2.78 bits per heavy atom. The summed E-state index contributed by atoms with van der Waals surface area (Å²) in [5.74, 6) is -1.15. The highest BCUT2D eigenvalue weighted by molar-refractivity contribution is 7.91. The van der Waals surface area contributed by atoms with Crippen LogP contribution in [-0.2, 0) is 16.0 Å². The number of aromatic nitrogens is 2. The van der Waals surface area contributed by atoms with Crippen LogP contribution >= 0.6 is 22.9 Å². The van der Waals surface area contributed by atoms with E-state index in [0.29, 0.717) is 20.3 Å². The van der Waals surface area contributed by atoms with E-state index in [0.717, 1.165) is 11.3 Å². The Hall–Kier alpha value is -1.56. The molecule has 2 aromatic heterocycles. The highest BCUT2D eigenvalue weighted by atomic mass is 35.5. The molecule has 1 amide bonds. The number of hydrogen-bond acceptors (Lipinski definition) is 5. The lowest BCUT2D eigenvalue weighted by atomic mass is 10.3. The third kappa shape index (κ3) is 6.52. The number of carbonyl (C=O) groups is 1. The van der Waals surface area contributed by atoms with Crippen LogP contribution in [0.4, 0.5) is 18.2 Å². The molecule has 12 heteroatoms. The summed E-state index contributed by atoms with van der Waals surface area (Å²) in [7, 11) is 1.45. The second kappa shape index (κ2) is 9.09. The molecule has 1 unspecified atom stereocenters. The van der Waals surface area contributed by atoms with Gasteiger partial charge in [-0.15, -0.1) is 0 Å². The lowest BCUT2D eigenvalue weighted by Gasteiger charge is -2.16. The van der Waals surface area contributed by atoms with Crippen molar-refractivity contribution in [2.24, 2.45) is 0 Å². The SMILES string of the molecule is CN(C(=O)CC[S+]([O-])CCC(F)(F)F)c1sc(-c2ccc[n+]([O-])c2)nc1Cl. The van der Waals surface area contributed by atoms with E-state index in [2.05, 4.69) is 4.98 Å². The van der Waals surface area contributed by atoms with Crippen molar-refractivity contribution in [1.29, 1.82) is 0 Å². The topological polar surface area (TPSA) is 83.2 Å². The number of nitrogens with zero attached hydrogens (tertiary/aromatic N) is 3. The molecule has 0 bridgehead atoms. The van der Waals surface area contributed by atoms with Crippen molar-refractivity contribution in [3.8, 4) is 10.6 Å². The number of amides is 1. The first-order valence-corrected chi connectivity index (χ1v) is 10.3. The highest BCUT2D eigenvalue weighted by Gasteiger charge is 2.30. The van der Waals surface area contributed by atoms with E-state index in [4.69, 9.17) is 11.6 Å². The van der Waals surface area contributed by atoms with Crippen LogP contribution in [0.15, 0.2) is 24.5 Å². The number of thiazole rings is 1. The van der Waals surface area contributed by atoms with Crippen molar-refractivity contribution in [2.45, 2.75) is 19.0 Å². The van der Waals surface area contributed by atoms with Crippen LogP contribution in [0.3, 0.4) is 0 Å². The monoisotopic (exact) mass is 441 g/mol. The molecule has 0 aliphatic heterocycles. The molecule has 0 aliphatic carbocycles. The fraction of sp³-hybridized carbons (Fsp3) is 0.400. The van der Waals surface area contributed by atoms with Gasteiger partial charge in [-0.25, -0.2) is 4.98 Å². The molecule has 0 aliphatic rings. The van der Waals surface area contributed by atoms with E-state index in [9.17, 15) is 27.7 Å². The first-order valence-electron chi connectivity index (χ1n) is 7.60. The molecule has 6 nitrogen and oxygen atoms in total. The van der Waals surface area contributed by atoms with Gasteiger partial charge in [0.25, 0.3) is 0 Å². The Bertz CT molecular complexity index is 804. The number of rotatable bonds is 7. The molecule has 2 aromatic rings. The molecule has 2 rings (SSSR count). The smallest absolute Gasteiger partial charge is 0.393 e. The number of alkyl halides is 3. The molecule has 148 valence electrons. The Morgan fingerprint density at radius 1 is 1.44 bits per heavy atom. The van der Waals surface area contributed by atoms with Gasteiger partial charge in [0.2, 0.25) is 5.91 Å². The summed E-state index contributed by atoms with van der Waals surface area (Å²) in [6, 6.07) is 3.21. The van der Waals surface area contributed by atoms with Crippen molar-refractivity contribution < 1.29 is 27.2 Å². The van der Waals surface area contributed by atoms with Crippen molar-refractivity contribution in [2.75, 3.05) is 23.5 Å². The van der Waals surface area contributed by atoms with Gasteiger partial charge >= 0.3 is 6.18 Å². The van der Waals surface area contributed by atoms with Crippen molar-refractivity contribution >= 4 is 45.0 Å². The Labute approximate surface area is 165 Å². The van der Waals surface area contributed by atoms with E-state index >= 15 is 0 Å². The van der Waals surface area contributed by atoms with Gasteiger partial charge in [0.05, 0.1) is 18.4 Å². The molecule has 1 atom stereocenters. The normalized spacial score (nSPS) is 12.8. The molecule has 0 fully saturated rings. The second-order valence-electron chi connectivity index (χ2n) is 5.48. The van der Waals surface area contributed by atoms with Gasteiger partial charge < -0.3 is 14.7 Å². The van der Waals surface area contributed by atoms with E-state index in [1.807, 2.05) is 0 Å². The predicted octanol–water partition coefficient (Wildman–Crippen LogP) is 3.15. The molecule has 0 aromatic carbocycles. The van der Waals surface area contributed by atoms with Gasteiger partial charge in [-0.2, -0.15) is 17.9 Å². The van der Waals surface area contributed by atoms with E-state index in [1.165, 1.54) is 24.3 Å². The lowest BCUT2D eigenvalue weighted by Crippen LogP contribution is -2.28. The number of pyridine rings is 1. The molecular weight excluding hydrogens is 427 g/mol. The summed E-state index contributed by atoms with van der Waals surface area (Å²) in [5, 5.41) is 12.2. The number of halogens is 4. The van der Waals surface area contributed by atoms with E-state index in [1.54, 1.807) is 12.1 Å². The standard InChI is InChI=1S/C15H15ClF3N3O3S2/c1-21(11(23)4-7-27(25)8-5-15(17,18)19)14-12(16)20-13(26-14)10-3-2-6-22(24)9-10/h2-3,6,9H,4-5,7-8H2,1H3. The van der Waals surface area contributed by atoms with Crippen molar-refractivity contribution in [1.82, 2.24) is 4.98 Å². The van der Waals surface area contributed by atoms with E-state index < -0.39 is 35.4 Å². The maximum absolute atomic E-state index is 12.2. The van der Waals surface area contributed by atoms with Crippen LogP contribution in [0.25, 0.3) is 10.6 Å². The van der Waals surface area contributed by atoms with Gasteiger partial charge in [-0.3, -0.25) is 4.79 Å². The number of hydrogen-bond donors (Lipinski definition) is 0. The third-order valence-corrected chi connectivity index (χ3v) is 6.30. The number of anilines is 1. The zero-order valence-electron chi connectivity index (χ0n) is 14.0. The number of carbonyl (C=O) groups excluding carboxylic acids is 1. The maximum Gasteiger partial charge on any atom is 0.393 e. The molecule has 0 N–H and O–H groups in total. The summed E-state index contributed by atoms with van der Waals surface area (Å²) >= 11 is 5.42. The third-order valence-electron chi connectivity index (χ3n) is 3.43. The van der Waals surface area contributed by atoms with Gasteiger partial charge in [0, 0.05) is 13.1 Å². The molecule has 27 heavy (non-hydrogen) atoms. The quantitative estimate of drug-likeness (QED) is 0.375. The first-order chi connectivity index (χ1) is 12.6. The van der Waals surface area contributed by atoms with Gasteiger partial charge in [-0.1, -0.05) is 34.1 Å². The van der Waals surface area contributed by atoms with Crippen LogP contribution in [0.1, 0.15) is 12.8 Å². The average Bonchev–Trinajstić information content (AvgIpc) is 2.98. The molecule has 0 saturated carbocycles. The molecular formula is C15H15ClF3N3O3S2. The van der Waals surface area contributed by atoms with Crippen molar-refractivity contribution in [3.63, 3.8) is 0 Å². The Morgan fingerprint density at radius 2 is 2.15 bits per heavy atom. The zero-order chi connectivity index (χ0) is 20.2. The maximum atomic E-state index is 12.2. The summed E-state index contributed by atoms with van der Waals surface area (Å²) < 4.78 is 48.6. The average molecular weight is 442 g/mol. The minimum absolute atomic E-state index is 0.0605. The largest absolute Gasteiger partial charge is 0.619 e. The summed E-state index contributed by atoms with van der Waals surface area (Å²) in [6.45, 7) is 0. The minimum Gasteiger partial charge on any atom is -0.619 e. The van der Waals surface area contributed by atoms with Crippen LogP contribution in [0.5, 0.6) is 0 Å². The van der Waals surface area contributed by atoms with Crippen molar-refractivity contribution in [3.05, 3.63) is 34.9 Å². The van der Waals surface area contributed by atoms with Crippen LogP contribution in [0.2, 0.25) is 5.15 Å². The highest BCUT2D eigenvalue weighted by Crippen LogP contribution is 2.37. The summed E-state index contributed by atoms with van der Waals surface area (Å²) in [4.78, 5) is 17.6. The van der Waals surface area contributed by atoms with Crippen LogP contribution in [0, 0.1) is 5.21 Å². The summed E-state index contributed by atoms with van der Waals surface area (Å²) in [6.07, 6.45) is -3.08. The molecule has 0 saturated heterocycles. The van der Waals surface area contributed by atoms with E-state index in [-0.39, 0.29) is 17.3 Å². The second-order valence-corrected chi connectivity index (χ2v) is 8.52. The fourth-order valence-corrected chi connectivity index (χ4v) is 4.39. The fourth-order valence-electron chi connectivity index (χ4n) is 2.02. The molecule has 0 radical (unpaired) electrons. The minimum atomic E-state index is -4.37. The lowest BCUT2D eigenvalue weighted by molar-refractivity contribution is -0.604. The van der Waals surface area contributed by atoms with Crippen LogP contribution < -0.4 is 9.63 Å². The van der Waals surface area contributed by atoms with Gasteiger partial charge in [-0.05, 0) is 6.07 Å². The molecule has 2 heterocycles. The zero-order valence-corrected chi connectivity index (χ0v) is 16.4. The van der Waals surface area contributed by atoms with Gasteiger partial charge in [0.15, 0.2) is 17.5 Å².